The summed E-state index contributed by atoms with van der Waals surface area (Å²) in [5, 5.41) is 5.07. The maximum Gasteiger partial charge on any atom is 0.0815 e. The summed E-state index contributed by atoms with van der Waals surface area (Å²) in [6.07, 6.45) is 1.63. The molecule has 0 amide bonds. The minimum atomic E-state index is 1.01. The van der Waals surface area contributed by atoms with E-state index in [0.29, 0.717) is 0 Å². The molecule has 0 atom stereocenters. The van der Waals surface area contributed by atoms with Gasteiger partial charge in [-0.05, 0) is 0 Å². The minimum absolute atomic E-state index is 1.01. The third kappa shape index (κ3) is 0.715. The van der Waals surface area contributed by atoms with Crippen LogP contribution in [-0.2, 0) is 0 Å². The average Bonchev–Trinajstić information content (AvgIpc) is 2.33. The summed E-state index contributed by atoms with van der Waals surface area (Å²) in [6, 6.07) is 5.75. The van der Waals surface area contributed by atoms with E-state index in [1.807, 2.05) is 10.8 Å². The Kier molecular flexibility index (Phi) is 0.993. The molecule has 2 aromatic rings. The summed E-state index contributed by atoms with van der Waals surface area (Å²) in [7, 11) is 0. The molecule has 1 nitrogen and oxygen atoms in total. The largest absolute Gasteiger partial charge is 0.255 e. The maximum atomic E-state index is 4.06. The average molecular weight is 133 g/mol. The predicted octanol–water partition coefficient (Wildman–Crippen LogP) is 1.90. The number of thiophene rings is 1. The predicted molar refractivity (Wildman–Crippen MR) is 37.3 cm³/mol. The van der Waals surface area contributed by atoms with Crippen molar-refractivity contribution >= 4 is 22.2 Å². The molecule has 0 N–H and O–H groups in total. The number of hydrogen-bond donors (Lipinski definition) is 0. The van der Waals surface area contributed by atoms with Gasteiger partial charge < -0.3 is 0 Å². The van der Waals surface area contributed by atoms with Crippen molar-refractivity contribution in [2.24, 2.45) is 0 Å². The maximum absolute atomic E-state index is 4.06. The highest BCUT2D eigenvalue weighted by Gasteiger charge is 1.90. The van der Waals surface area contributed by atoms with Crippen molar-refractivity contribution in [2.45, 2.75) is 0 Å². The van der Waals surface area contributed by atoms with Gasteiger partial charge in [-0.15, -0.1) is 11.3 Å². The van der Waals surface area contributed by atoms with Crippen LogP contribution in [0.4, 0.5) is 0 Å². The van der Waals surface area contributed by atoms with E-state index in [-0.39, 0.29) is 0 Å². The zero-order chi connectivity index (χ0) is 6.10. The summed E-state index contributed by atoms with van der Waals surface area (Å²) < 4.78 is 0. The molecule has 0 aliphatic heterocycles. The second-order valence-corrected chi connectivity index (χ2v) is 2.44. The number of aromatic nitrogens is 1. The van der Waals surface area contributed by atoms with Gasteiger partial charge in [-0.25, -0.2) is 0 Å². The topological polar surface area (TPSA) is 12.9 Å². The van der Waals surface area contributed by atoms with Gasteiger partial charge in [0.05, 0.1) is 5.52 Å². The Balaban J connectivity index is 2.95. The molecule has 2 aromatic heterocycles. The second kappa shape index (κ2) is 1.81. The zero-order valence-corrected chi connectivity index (χ0v) is 5.40. The molecule has 0 bridgehead atoms. The fourth-order valence-electron chi connectivity index (χ4n) is 0.696. The van der Waals surface area contributed by atoms with Gasteiger partial charge in [0.2, 0.25) is 0 Å². The van der Waals surface area contributed by atoms with Gasteiger partial charge in [-0.1, -0.05) is 0 Å². The SMILES string of the molecule is [c]1[c]c2cscc2nc1. The third-order valence-electron chi connectivity index (χ3n) is 1.12. The number of fused-ring (bicyclic) bond motifs is 1. The number of rotatable bonds is 0. The van der Waals surface area contributed by atoms with Gasteiger partial charge >= 0.3 is 0 Å². The van der Waals surface area contributed by atoms with Crippen LogP contribution < -0.4 is 0 Å². The van der Waals surface area contributed by atoms with Gasteiger partial charge in [-0.3, -0.25) is 4.98 Å². The summed E-state index contributed by atoms with van der Waals surface area (Å²) in [6.45, 7) is 0. The molecule has 2 heteroatoms. The highest BCUT2D eigenvalue weighted by Crippen LogP contribution is 2.13. The lowest BCUT2D eigenvalue weighted by Crippen LogP contribution is -1.68. The molecule has 2 rings (SSSR count). The van der Waals surface area contributed by atoms with Gasteiger partial charge in [-0.2, -0.15) is 0 Å². The third-order valence-corrected chi connectivity index (χ3v) is 1.85. The zero-order valence-electron chi connectivity index (χ0n) is 4.59. The number of pyridine rings is 1. The normalized spacial score (nSPS) is 10.2. The highest BCUT2D eigenvalue weighted by atomic mass is 32.1. The number of nitrogens with zero attached hydrogens (tertiary/aromatic N) is 1. The molecule has 0 fully saturated rings. The molecule has 42 valence electrons. The van der Waals surface area contributed by atoms with Crippen LogP contribution in [0.2, 0.25) is 0 Å². The molecule has 0 aliphatic carbocycles. The Morgan fingerprint density at radius 3 is 3.33 bits per heavy atom. The molecule has 0 unspecified atom stereocenters. The summed E-state index contributed by atoms with van der Waals surface area (Å²) in [5.41, 5.74) is 1.01. The molecule has 0 aliphatic rings. The van der Waals surface area contributed by atoms with E-state index in [4.69, 9.17) is 0 Å². The first-order valence-electron chi connectivity index (χ1n) is 2.57. The Labute approximate surface area is 57.0 Å². The lowest BCUT2D eigenvalue weighted by Gasteiger charge is -1.80. The van der Waals surface area contributed by atoms with E-state index < -0.39 is 0 Å². The minimum Gasteiger partial charge on any atom is -0.255 e. The summed E-state index contributed by atoms with van der Waals surface area (Å²) in [5.74, 6) is 0. The molecular formula is C7H3NS. The van der Waals surface area contributed by atoms with Crippen LogP contribution in [0, 0.1) is 12.1 Å². The molecule has 0 spiro atoms. The van der Waals surface area contributed by atoms with Gasteiger partial charge in [0.1, 0.15) is 0 Å². The smallest absolute Gasteiger partial charge is 0.0815 e. The molecule has 2 radical (unpaired) electrons. The van der Waals surface area contributed by atoms with E-state index in [0.717, 1.165) is 10.9 Å². The van der Waals surface area contributed by atoms with Crippen molar-refractivity contribution in [3.63, 3.8) is 0 Å². The Morgan fingerprint density at radius 2 is 2.44 bits per heavy atom. The second-order valence-electron chi connectivity index (χ2n) is 1.70. The standard InChI is InChI=1S/C7H3NS/c1-2-6-4-9-5-7(6)8-3-1/h3-5H. The fraction of sp³-hybridized carbons (Fsp3) is 0. The van der Waals surface area contributed by atoms with Gasteiger partial charge in [0.25, 0.3) is 0 Å². The first-order valence-corrected chi connectivity index (χ1v) is 3.51. The highest BCUT2D eigenvalue weighted by molar-refractivity contribution is 7.09. The van der Waals surface area contributed by atoms with Gasteiger partial charge in [0.15, 0.2) is 0 Å². The summed E-state index contributed by atoms with van der Waals surface area (Å²) >= 11 is 1.64. The molecule has 2 heterocycles. The van der Waals surface area contributed by atoms with Crippen LogP contribution in [0.5, 0.6) is 0 Å². The van der Waals surface area contributed by atoms with Crippen LogP contribution in [0.15, 0.2) is 17.0 Å². The first kappa shape index (κ1) is 4.94. The number of hydrogen-bond acceptors (Lipinski definition) is 2. The molecular weight excluding hydrogens is 130 g/mol. The van der Waals surface area contributed by atoms with Crippen molar-refractivity contribution in [1.82, 2.24) is 4.98 Å². The Bertz CT molecular complexity index is 283. The van der Waals surface area contributed by atoms with Crippen molar-refractivity contribution in [3.05, 3.63) is 29.1 Å². The van der Waals surface area contributed by atoms with Crippen LogP contribution in [0.25, 0.3) is 10.9 Å². The van der Waals surface area contributed by atoms with Crippen molar-refractivity contribution in [2.75, 3.05) is 0 Å². The van der Waals surface area contributed by atoms with E-state index in [9.17, 15) is 0 Å². The quantitative estimate of drug-likeness (QED) is 0.534. The Morgan fingerprint density at radius 1 is 1.44 bits per heavy atom. The van der Waals surface area contributed by atoms with Crippen molar-refractivity contribution in [1.29, 1.82) is 0 Å². The molecule has 0 aromatic carbocycles. The van der Waals surface area contributed by atoms with E-state index in [1.165, 1.54) is 0 Å². The van der Waals surface area contributed by atoms with Gasteiger partial charge in [0, 0.05) is 34.5 Å². The van der Waals surface area contributed by atoms with E-state index in [2.05, 4.69) is 17.1 Å². The molecule has 9 heavy (non-hydrogen) atoms. The van der Waals surface area contributed by atoms with Crippen LogP contribution >= 0.6 is 11.3 Å². The van der Waals surface area contributed by atoms with Crippen LogP contribution in [0.3, 0.4) is 0 Å². The summed E-state index contributed by atoms with van der Waals surface area (Å²) in [4.78, 5) is 4.06. The van der Waals surface area contributed by atoms with E-state index in [1.54, 1.807) is 17.5 Å². The lowest BCUT2D eigenvalue weighted by molar-refractivity contribution is 1.42. The fourth-order valence-corrected chi connectivity index (χ4v) is 1.40. The van der Waals surface area contributed by atoms with Crippen molar-refractivity contribution in [3.8, 4) is 0 Å². The lowest BCUT2D eigenvalue weighted by atomic mass is 10.3. The molecule has 0 saturated heterocycles. The van der Waals surface area contributed by atoms with E-state index >= 15 is 0 Å². The first-order chi connectivity index (χ1) is 4.47. The van der Waals surface area contributed by atoms with Crippen LogP contribution in [0.1, 0.15) is 0 Å². The van der Waals surface area contributed by atoms with Crippen molar-refractivity contribution < 1.29 is 0 Å². The monoisotopic (exact) mass is 133 g/mol. The Hall–Kier alpha value is -0.890. The molecule has 0 saturated carbocycles. The van der Waals surface area contributed by atoms with Crippen LogP contribution in [-0.4, -0.2) is 4.98 Å².